The zero-order valence-electron chi connectivity index (χ0n) is 10.4. The van der Waals surface area contributed by atoms with Gasteiger partial charge in [0.05, 0.1) is 4.90 Å². The molecule has 1 saturated carbocycles. The smallest absolute Gasteiger partial charge is 0.208 e. The van der Waals surface area contributed by atoms with Crippen molar-refractivity contribution < 1.29 is 8.42 Å². The van der Waals surface area contributed by atoms with Crippen LogP contribution in [-0.4, -0.2) is 20.3 Å². The molecule has 18 heavy (non-hydrogen) atoms. The van der Waals surface area contributed by atoms with Crippen LogP contribution >= 0.6 is 11.6 Å². The Hall–Kier alpha value is -0.580. The third kappa shape index (κ3) is 3.25. The second kappa shape index (κ2) is 5.59. The van der Waals surface area contributed by atoms with E-state index in [1.807, 2.05) is 12.1 Å². The highest BCUT2D eigenvalue weighted by atomic mass is 35.5. The summed E-state index contributed by atoms with van der Waals surface area (Å²) in [7, 11) is -3.36. The molecule has 0 unspecified atom stereocenters. The molecule has 1 aliphatic rings. The van der Waals surface area contributed by atoms with Crippen LogP contribution in [0.15, 0.2) is 29.2 Å². The van der Waals surface area contributed by atoms with E-state index < -0.39 is 10.0 Å². The van der Waals surface area contributed by atoms with Crippen molar-refractivity contribution in [2.24, 2.45) is 5.92 Å². The van der Waals surface area contributed by atoms with Gasteiger partial charge in [-0.2, -0.15) is 0 Å². The fourth-order valence-corrected chi connectivity index (χ4v) is 3.71. The molecule has 0 bridgehead atoms. The SMILES string of the molecule is CC1CC(NS(=O)(=O)c2ccc(CCCl)cc2)C1. The van der Waals surface area contributed by atoms with Crippen molar-refractivity contribution in [2.45, 2.75) is 37.1 Å². The first-order valence-electron chi connectivity index (χ1n) is 6.18. The molecule has 5 heteroatoms. The van der Waals surface area contributed by atoms with E-state index in [0.29, 0.717) is 16.7 Å². The van der Waals surface area contributed by atoms with Crippen LogP contribution < -0.4 is 4.72 Å². The van der Waals surface area contributed by atoms with Crippen LogP contribution in [0.2, 0.25) is 0 Å². The lowest BCUT2D eigenvalue weighted by atomic mass is 9.83. The van der Waals surface area contributed by atoms with Gasteiger partial charge in [0.1, 0.15) is 0 Å². The maximum Gasteiger partial charge on any atom is 0.240 e. The van der Waals surface area contributed by atoms with Crippen LogP contribution in [0.1, 0.15) is 25.3 Å². The summed E-state index contributed by atoms with van der Waals surface area (Å²) >= 11 is 5.64. The Labute approximate surface area is 114 Å². The van der Waals surface area contributed by atoms with Gasteiger partial charge in [-0.25, -0.2) is 13.1 Å². The Morgan fingerprint density at radius 3 is 2.39 bits per heavy atom. The van der Waals surface area contributed by atoms with E-state index in [1.165, 1.54) is 0 Å². The molecule has 1 aromatic rings. The molecule has 1 fully saturated rings. The highest BCUT2D eigenvalue weighted by molar-refractivity contribution is 7.89. The number of rotatable bonds is 5. The highest BCUT2D eigenvalue weighted by Gasteiger charge is 2.29. The number of sulfonamides is 1. The number of nitrogens with one attached hydrogen (secondary N) is 1. The topological polar surface area (TPSA) is 46.2 Å². The first kappa shape index (κ1) is 13.8. The molecule has 3 nitrogen and oxygen atoms in total. The molecule has 0 aromatic heterocycles. The fourth-order valence-electron chi connectivity index (χ4n) is 2.23. The molecule has 100 valence electrons. The van der Waals surface area contributed by atoms with Gasteiger partial charge in [-0.1, -0.05) is 19.1 Å². The molecule has 1 aliphatic carbocycles. The molecule has 0 atom stereocenters. The van der Waals surface area contributed by atoms with Gasteiger partial charge >= 0.3 is 0 Å². The predicted octanol–water partition coefficient (Wildman–Crippen LogP) is 2.54. The number of benzene rings is 1. The van der Waals surface area contributed by atoms with E-state index in [0.717, 1.165) is 24.8 Å². The van der Waals surface area contributed by atoms with Crippen molar-refractivity contribution in [3.05, 3.63) is 29.8 Å². The Kier molecular flexibility index (Phi) is 4.30. The number of aryl methyl sites for hydroxylation is 1. The zero-order valence-corrected chi connectivity index (χ0v) is 12.0. The second-order valence-electron chi connectivity index (χ2n) is 4.98. The van der Waals surface area contributed by atoms with Gasteiger partial charge in [-0.05, 0) is 42.9 Å². The Balaban J connectivity index is 2.04. The van der Waals surface area contributed by atoms with Crippen molar-refractivity contribution in [1.82, 2.24) is 4.72 Å². The molecular weight excluding hydrogens is 270 g/mol. The summed E-state index contributed by atoms with van der Waals surface area (Å²) in [4.78, 5) is 0.334. The van der Waals surface area contributed by atoms with Gasteiger partial charge < -0.3 is 0 Å². The molecule has 1 aromatic carbocycles. The van der Waals surface area contributed by atoms with E-state index in [4.69, 9.17) is 11.6 Å². The van der Waals surface area contributed by atoms with E-state index >= 15 is 0 Å². The second-order valence-corrected chi connectivity index (χ2v) is 7.07. The number of hydrogen-bond acceptors (Lipinski definition) is 2. The lowest BCUT2D eigenvalue weighted by molar-refractivity contribution is 0.270. The lowest BCUT2D eigenvalue weighted by Crippen LogP contribution is -2.43. The highest BCUT2D eigenvalue weighted by Crippen LogP contribution is 2.27. The normalized spacial score (nSPS) is 23.7. The number of halogens is 1. The third-order valence-corrected chi connectivity index (χ3v) is 5.04. The molecule has 0 saturated heterocycles. The minimum absolute atomic E-state index is 0.104. The third-order valence-electron chi connectivity index (χ3n) is 3.31. The summed E-state index contributed by atoms with van der Waals surface area (Å²) in [6, 6.07) is 7.03. The molecule has 0 amide bonds. The quantitative estimate of drug-likeness (QED) is 0.846. The average molecular weight is 288 g/mol. The van der Waals surface area contributed by atoms with Crippen molar-refractivity contribution in [3.8, 4) is 0 Å². The molecule has 1 N–H and O–H groups in total. The predicted molar refractivity (Wildman–Crippen MR) is 73.4 cm³/mol. The summed E-state index contributed by atoms with van der Waals surface area (Å²) in [6.45, 7) is 2.13. The van der Waals surface area contributed by atoms with Gasteiger partial charge in [-0.15, -0.1) is 11.6 Å². The van der Waals surface area contributed by atoms with Crippen molar-refractivity contribution >= 4 is 21.6 Å². The van der Waals surface area contributed by atoms with E-state index in [-0.39, 0.29) is 6.04 Å². The van der Waals surface area contributed by atoms with Gasteiger partial charge in [-0.3, -0.25) is 0 Å². The molecule has 0 aliphatic heterocycles. The average Bonchev–Trinajstić information content (AvgIpc) is 2.28. The van der Waals surface area contributed by atoms with E-state index in [2.05, 4.69) is 11.6 Å². The first-order valence-corrected chi connectivity index (χ1v) is 8.20. The number of alkyl halides is 1. The van der Waals surface area contributed by atoms with Crippen LogP contribution in [0, 0.1) is 5.92 Å². The van der Waals surface area contributed by atoms with Gasteiger partial charge in [0, 0.05) is 11.9 Å². The maximum absolute atomic E-state index is 12.1. The summed E-state index contributed by atoms with van der Waals surface area (Å²) in [5.41, 5.74) is 1.06. The Morgan fingerprint density at radius 2 is 1.89 bits per heavy atom. The molecular formula is C13H18ClNO2S. The van der Waals surface area contributed by atoms with Crippen LogP contribution in [0.5, 0.6) is 0 Å². The van der Waals surface area contributed by atoms with Crippen LogP contribution in [0.25, 0.3) is 0 Å². The molecule has 0 spiro atoms. The van der Waals surface area contributed by atoms with Crippen LogP contribution in [0.3, 0.4) is 0 Å². The first-order chi connectivity index (χ1) is 8.51. The summed E-state index contributed by atoms with van der Waals surface area (Å²) < 4.78 is 26.9. The van der Waals surface area contributed by atoms with Crippen molar-refractivity contribution in [2.75, 3.05) is 5.88 Å². The standard InChI is InChI=1S/C13H18ClNO2S/c1-10-8-12(9-10)15-18(16,17)13-4-2-11(3-5-13)6-7-14/h2-5,10,12,15H,6-9H2,1H3. The summed E-state index contributed by atoms with van der Waals surface area (Å²) in [6.07, 6.45) is 2.63. The van der Waals surface area contributed by atoms with Crippen molar-refractivity contribution in [1.29, 1.82) is 0 Å². The van der Waals surface area contributed by atoms with E-state index in [1.54, 1.807) is 12.1 Å². The minimum Gasteiger partial charge on any atom is -0.208 e. The summed E-state index contributed by atoms with van der Waals surface area (Å²) in [5, 5.41) is 0. The fraction of sp³-hybridized carbons (Fsp3) is 0.538. The van der Waals surface area contributed by atoms with Crippen LogP contribution in [-0.2, 0) is 16.4 Å². The molecule has 0 heterocycles. The van der Waals surface area contributed by atoms with Crippen LogP contribution in [0.4, 0.5) is 0 Å². The zero-order chi connectivity index (χ0) is 13.2. The monoisotopic (exact) mass is 287 g/mol. The Bertz CT molecular complexity index is 492. The van der Waals surface area contributed by atoms with Gasteiger partial charge in [0.25, 0.3) is 0 Å². The lowest BCUT2D eigenvalue weighted by Gasteiger charge is -2.32. The maximum atomic E-state index is 12.1. The largest absolute Gasteiger partial charge is 0.240 e. The minimum atomic E-state index is -3.36. The molecule has 2 rings (SSSR count). The van der Waals surface area contributed by atoms with E-state index in [9.17, 15) is 8.42 Å². The van der Waals surface area contributed by atoms with Gasteiger partial charge in [0.15, 0.2) is 0 Å². The van der Waals surface area contributed by atoms with Gasteiger partial charge in [0.2, 0.25) is 10.0 Å². The summed E-state index contributed by atoms with van der Waals surface area (Å²) in [5.74, 6) is 1.17. The molecule has 0 radical (unpaired) electrons. The number of hydrogen-bond donors (Lipinski definition) is 1. The Morgan fingerprint density at radius 1 is 1.28 bits per heavy atom. The van der Waals surface area contributed by atoms with Crippen molar-refractivity contribution in [3.63, 3.8) is 0 Å².